The van der Waals surface area contributed by atoms with E-state index in [1.807, 2.05) is 22.7 Å². The van der Waals surface area contributed by atoms with Crippen LogP contribution in [-0.2, 0) is 10.8 Å². The molecule has 3 nitrogen and oxygen atoms in total. The maximum Gasteiger partial charge on any atom is 0.198 e. The van der Waals surface area contributed by atoms with Gasteiger partial charge in [-0.3, -0.25) is 0 Å². The number of nitrogens with one attached hydrogen (secondary N) is 1. The van der Waals surface area contributed by atoms with Crippen LogP contribution in [0.25, 0.3) is 101 Å². The molecule has 1 aliphatic rings. The van der Waals surface area contributed by atoms with E-state index in [9.17, 15) is 0 Å². The van der Waals surface area contributed by atoms with E-state index in [0.717, 1.165) is 40.8 Å². The van der Waals surface area contributed by atoms with Crippen molar-refractivity contribution in [2.45, 2.75) is 52.4 Å². The van der Waals surface area contributed by atoms with Crippen LogP contribution in [0.15, 0.2) is 144 Å². The summed E-state index contributed by atoms with van der Waals surface area (Å²) in [5.74, 6) is 0. The second-order valence-electron chi connectivity index (χ2n) is 19.4. The predicted octanol–water partition coefficient (Wildman–Crippen LogP) is 15.1. The molecular formula is C56H43BN2OS2. The Hall–Kier alpha value is -6.34. The number of anilines is 2. The molecule has 0 unspecified atom stereocenters. The minimum atomic E-state index is -0.0197. The van der Waals surface area contributed by atoms with Crippen LogP contribution in [-0.4, -0.2) is 11.8 Å². The van der Waals surface area contributed by atoms with Gasteiger partial charge >= 0.3 is 0 Å². The molecule has 0 radical (unpaired) electrons. The van der Waals surface area contributed by atoms with Gasteiger partial charge in [0.15, 0.2) is 7.28 Å². The van der Waals surface area contributed by atoms with E-state index in [1.54, 1.807) is 0 Å². The number of rotatable bonds is 3. The lowest BCUT2D eigenvalue weighted by molar-refractivity contribution is 0.590. The molecule has 13 rings (SSSR count). The number of benzene rings is 8. The number of hydrogen-bond acceptors (Lipinski definition) is 4. The highest BCUT2D eigenvalue weighted by molar-refractivity contribution is 7.26. The van der Waals surface area contributed by atoms with E-state index in [4.69, 9.17) is 4.42 Å². The fraction of sp³-hybridized carbons (Fsp3) is 0.143. The summed E-state index contributed by atoms with van der Waals surface area (Å²) in [7, 11) is 0.783. The number of hydrogen-bond donors (Lipinski definition) is 1. The summed E-state index contributed by atoms with van der Waals surface area (Å²) in [5.41, 5.74) is 15.4. The summed E-state index contributed by atoms with van der Waals surface area (Å²) in [6.07, 6.45) is 0. The molecule has 6 heteroatoms. The summed E-state index contributed by atoms with van der Waals surface area (Å²) in [6.45, 7) is 13.8. The lowest BCUT2D eigenvalue weighted by atomic mass is 9.58. The van der Waals surface area contributed by atoms with E-state index in [2.05, 4.69) is 191 Å². The average molecular weight is 835 g/mol. The highest BCUT2D eigenvalue weighted by Crippen LogP contribution is 2.49. The first-order valence-electron chi connectivity index (χ1n) is 21.7. The monoisotopic (exact) mass is 834 g/mol. The first-order valence-corrected chi connectivity index (χ1v) is 23.3. The van der Waals surface area contributed by atoms with Gasteiger partial charge in [-0.05, 0) is 94.1 Å². The maximum absolute atomic E-state index is 7.26. The Balaban J connectivity index is 1.20. The Kier molecular flexibility index (Phi) is 7.40. The molecular weight excluding hydrogens is 792 g/mol. The van der Waals surface area contributed by atoms with Gasteiger partial charge in [0.2, 0.25) is 0 Å². The molecule has 298 valence electrons. The van der Waals surface area contributed by atoms with Gasteiger partial charge in [-0.15, -0.1) is 22.7 Å². The van der Waals surface area contributed by atoms with Gasteiger partial charge in [0.05, 0.1) is 11.0 Å². The summed E-state index contributed by atoms with van der Waals surface area (Å²) in [6, 6.07) is 52.4. The summed E-state index contributed by atoms with van der Waals surface area (Å²) in [4.78, 5) is 0. The molecule has 5 heterocycles. The van der Waals surface area contributed by atoms with Crippen molar-refractivity contribution in [3.63, 3.8) is 0 Å². The molecule has 0 saturated heterocycles. The van der Waals surface area contributed by atoms with Crippen molar-refractivity contribution in [3.05, 3.63) is 151 Å². The highest BCUT2D eigenvalue weighted by atomic mass is 32.1. The predicted molar refractivity (Wildman–Crippen MR) is 273 cm³/mol. The molecule has 0 spiro atoms. The van der Waals surface area contributed by atoms with Gasteiger partial charge in [-0.25, -0.2) is 0 Å². The lowest BCUT2D eigenvalue weighted by Crippen LogP contribution is -2.37. The van der Waals surface area contributed by atoms with Crippen molar-refractivity contribution in [2.75, 3.05) is 5.32 Å². The SMILES string of the molecule is CC(C)(C)c1ccc(Nc2cc3c(cc2-c2c4c5c(c6cc(C(C)(C)C)ccc6n5-c5cc6c(cc5B4)sc4ccccc46)c4c2oc2ccccc24)sc2ccccc23)cc1. The first-order chi connectivity index (χ1) is 30.0. The fourth-order valence-electron chi connectivity index (χ4n) is 10.4. The van der Waals surface area contributed by atoms with E-state index in [1.165, 1.54) is 101 Å². The molecule has 0 saturated carbocycles. The van der Waals surface area contributed by atoms with E-state index in [-0.39, 0.29) is 10.8 Å². The molecule has 12 aromatic rings. The Morgan fingerprint density at radius 1 is 0.548 bits per heavy atom. The topological polar surface area (TPSA) is 30.1 Å². The van der Waals surface area contributed by atoms with Crippen LogP contribution in [0.3, 0.4) is 0 Å². The third kappa shape index (κ3) is 5.17. The largest absolute Gasteiger partial charge is 0.455 e. The molecule has 0 amide bonds. The molecule has 4 aromatic heterocycles. The zero-order chi connectivity index (χ0) is 41.8. The number of thiophene rings is 2. The second-order valence-corrected chi connectivity index (χ2v) is 21.6. The summed E-state index contributed by atoms with van der Waals surface area (Å²) in [5, 5.41) is 14.1. The van der Waals surface area contributed by atoms with E-state index >= 15 is 0 Å². The van der Waals surface area contributed by atoms with Gasteiger partial charge in [0, 0.05) is 90.1 Å². The Bertz CT molecular complexity index is 3880. The molecule has 0 fully saturated rings. The normalized spacial score (nSPS) is 13.1. The Morgan fingerprint density at radius 3 is 1.89 bits per heavy atom. The van der Waals surface area contributed by atoms with Gasteiger partial charge < -0.3 is 14.3 Å². The van der Waals surface area contributed by atoms with E-state index in [0.29, 0.717) is 0 Å². The van der Waals surface area contributed by atoms with Crippen molar-refractivity contribution in [2.24, 2.45) is 0 Å². The molecule has 1 aliphatic heterocycles. The standard InChI is InChI=1S/C56H43BN2OS2/c1-55(2,3)30-19-22-32(23-20-30)58-41-26-36-33-13-8-11-17-45(33)61-47(36)28-38(41)51-52-53-49(50-35-15-7-10-16-44(35)60-54(50)51)39-25-31(56(4,5)6)21-24-42(39)59(53)43-27-37-34-14-9-12-18-46(34)62-48(37)29-40(43)57-52/h7-29,57-58H,1-6H3. The van der Waals surface area contributed by atoms with Crippen LogP contribution < -0.4 is 16.2 Å². The zero-order valence-electron chi connectivity index (χ0n) is 35.7. The fourth-order valence-corrected chi connectivity index (χ4v) is 12.6. The number of fused-ring (bicyclic) bond motifs is 15. The molecule has 62 heavy (non-hydrogen) atoms. The van der Waals surface area contributed by atoms with Crippen LogP contribution in [0, 0.1) is 0 Å². The van der Waals surface area contributed by atoms with Crippen LogP contribution in [0.2, 0.25) is 0 Å². The Labute approximate surface area is 368 Å². The van der Waals surface area contributed by atoms with Crippen molar-refractivity contribution in [1.29, 1.82) is 0 Å². The van der Waals surface area contributed by atoms with Gasteiger partial charge in [-0.1, -0.05) is 120 Å². The number of furan rings is 1. The van der Waals surface area contributed by atoms with Crippen LogP contribution in [0.5, 0.6) is 0 Å². The smallest absolute Gasteiger partial charge is 0.198 e. The van der Waals surface area contributed by atoms with Gasteiger partial charge in [-0.2, -0.15) is 0 Å². The van der Waals surface area contributed by atoms with Crippen molar-refractivity contribution >= 4 is 136 Å². The van der Waals surface area contributed by atoms with Crippen LogP contribution in [0.4, 0.5) is 11.4 Å². The number of nitrogens with zero attached hydrogens (tertiary/aromatic N) is 1. The number of aromatic nitrogens is 1. The molecule has 0 atom stereocenters. The van der Waals surface area contributed by atoms with Gasteiger partial charge in [0.1, 0.15) is 11.2 Å². The molecule has 8 aromatic carbocycles. The second kappa shape index (κ2) is 12.6. The quantitative estimate of drug-likeness (QED) is 0.180. The minimum absolute atomic E-state index is 0.0197. The third-order valence-corrected chi connectivity index (χ3v) is 15.8. The minimum Gasteiger partial charge on any atom is -0.455 e. The lowest BCUT2D eigenvalue weighted by Gasteiger charge is -2.24. The third-order valence-electron chi connectivity index (χ3n) is 13.5. The maximum atomic E-state index is 7.26. The van der Waals surface area contributed by atoms with E-state index < -0.39 is 0 Å². The van der Waals surface area contributed by atoms with Crippen LogP contribution in [0.1, 0.15) is 52.7 Å². The zero-order valence-corrected chi connectivity index (χ0v) is 37.3. The van der Waals surface area contributed by atoms with Crippen molar-refractivity contribution < 1.29 is 4.42 Å². The average Bonchev–Trinajstić information content (AvgIpc) is 4.01. The van der Waals surface area contributed by atoms with Gasteiger partial charge in [0.25, 0.3) is 0 Å². The molecule has 0 bridgehead atoms. The molecule has 0 aliphatic carbocycles. The highest BCUT2D eigenvalue weighted by Gasteiger charge is 2.33. The number of para-hydroxylation sites is 1. The molecule has 1 N–H and O–H groups in total. The van der Waals surface area contributed by atoms with Crippen molar-refractivity contribution in [3.8, 4) is 16.8 Å². The Morgan fingerprint density at radius 2 is 1.18 bits per heavy atom. The van der Waals surface area contributed by atoms with Crippen LogP contribution >= 0.6 is 22.7 Å². The summed E-state index contributed by atoms with van der Waals surface area (Å²) < 4.78 is 15.1. The van der Waals surface area contributed by atoms with Crippen molar-refractivity contribution in [1.82, 2.24) is 4.57 Å². The summed E-state index contributed by atoms with van der Waals surface area (Å²) >= 11 is 3.77. The first kappa shape index (κ1) is 36.3.